The summed E-state index contributed by atoms with van der Waals surface area (Å²) < 4.78 is 42.4. The topological polar surface area (TPSA) is 75.5 Å². The average molecular weight is 470 g/mol. The fourth-order valence-corrected chi connectivity index (χ4v) is 3.50. The van der Waals surface area contributed by atoms with Crippen molar-refractivity contribution in [3.8, 4) is 40.0 Å². The van der Waals surface area contributed by atoms with Gasteiger partial charge in [-0.1, -0.05) is 17.7 Å². The Bertz CT molecular complexity index is 1370. The Labute approximate surface area is 191 Å². The zero-order valence-corrected chi connectivity index (χ0v) is 17.7. The Balaban J connectivity index is 1.66. The lowest BCUT2D eigenvalue weighted by Gasteiger charge is -2.08. The van der Waals surface area contributed by atoms with Crippen molar-refractivity contribution in [2.45, 2.75) is 6.29 Å². The van der Waals surface area contributed by atoms with Crippen LogP contribution >= 0.6 is 11.6 Å². The van der Waals surface area contributed by atoms with Crippen molar-refractivity contribution in [2.75, 3.05) is 7.11 Å². The summed E-state index contributed by atoms with van der Waals surface area (Å²) >= 11 is 5.99. The van der Waals surface area contributed by atoms with Crippen LogP contribution in [0.2, 0.25) is 5.02 Å². The molecule has 1 aliphatic heterocycles. The standard InChI is InChI=1S/C23H14ClF2N3O4/c1-31-22(30)15-3-2-4-17(11-15)29-21(27-20(28-29)13-5-8-16(24)9-6-13)14-7-10-18-19(12-14)33-23(25,26)32-18/h2-12H,1H3. The molecule has 0 saturated carbocycles. The molecule has 0 amide bonds. The molecule has 4 aromatic rings. The van der Waals surface area contributed by atoms with E-state index in [1.807, 2.05) is 0 Å². The predicted octanol–water partition coefficient (Wildman–Crippen LogP) is 5.36. The molecule has 0 radical (unpaired) electrons. The Morgan fingerprint density at radius 3 is 2.48 bits per heavy atom. The van der Waals surface area contributed by atoms with Gasteiger partial charge < -0.3 is 14.2 Å². The van der Waals surface area contributed by atoms with E-state index in [4.69, 9.17) is 16.3 Å². The third-order valence-electron chi connectivity index (χ3n) is 4.88. The van der Waals surface area contributed by atoms with Gasteiger partial charge in [0.25, 0.3) is 0 Å². The van der Waals surface area contributed by atoms with E-state index in [1.54, 1.807) is 54.6 Å². The molecule has 166 valence electrons. The lowest BCUT2D eigenvalue weighted by molar-refractivity contribution is -0.286. The van der Waals surface area contributed by atoms with Crippen LogP contribution in [0.1, 0.15) is 10.4 Å². The largest absolute Gasteiger partial charge is 0.586 e. The van der Waals surface area contributed by atoms with Crippen LogP contribution in [0.5, 0.6) is 11.5 Å². The molecule has 0 spiro atoms. The van der Waals surface area contributed by atoms with E-state index in [0.29, 0.717) is 39.0 Å². The summed E-state index contributed by atoms with van der Waals surface area (Å²) in [6, 6.07) is 17.9. The van der Waals surface area contributed by atoms with Gasteiger partial charge in [-0.15, -0.1) is 13.9 Å². The van der Waals surface area contributed by atoms with Crippen LogP contribution < -0.4 is 9.47 Å². The smallest absolute Gasteiger partial charge is 0.465 e. The summed E-state index contributed by atoms with van der Waals surface area (Å²) in [5.41, 5.74) is 1.97. The molecule has 0 saturated heterocycles. The van der Waals surface area contributed by atoms with E-state index < -0.39 is 12.3 Å². The number of alkyl halides is 2. The summed E-state index contributed by atoms with van der Waals surface area (Å²) in [7, 11) is 1.29. The minimum atomic E-state index is -3.74. The SMILES string of the molecule is COC(=O)c1cccc(-n2nc(-c3ccc(Cl)cc3)nc2-c2ccc3c(c2)OC(F)(F)O3)c1. The number of ether oxygens (including phenoxy) is 3. The fourth-order valence-electron chi connectivity index (χ4n) is 3.37. The Morgan fingerprint density at radius 2 is 1.73 bits per heavy atom. The van der Waals surface area contributed by atoms with Crippen molar-refractivity contribution in [2.24, 2.45) is 0 Å². The normalized spacial score (nSPS) is 13.7. The van der Waals surface area contributed by atoms with E-state index in [2.05, 4.69) is 19.6 Å². The second-order valence-electron chi connectivity index (χ2n) is 7.05. The number of aromatic nitrogens is 3. The number of carbonyl (C=O) groups excluding carboxylic acids is 1. The first-order chi connectivity index (χ1) is 15.8. The van der Waals surface area contributed by atoms with Crippen LogP contribution in [-0.2, 0) is 4.74 Å². The Kier molecular flexibility index (Phi) is 4.98. The average Bonchev–Trinajstić information content (AvgIpc) is 3.38. The number of halogens is 3. The number of rotatable bonds is 4. The molecule has 0 atom stereocenters. The number of carbonyl (C=O) groups is 1. The van der Waals surface area contributed by atoms with E-state index in [-0.39, 0.29) is 11.5 Å². The molecule has 0 fully saturated rings. The van der Waals surface area contributed by atoms with Crippen LogP contribution in [0.3, 0.4) is 0 Å². The van der Waals surface area contributed by atoms with Gasteiger partial charge in [0.2, 0.25) is 0 Å². The van der Waals surface area contributed by atoms with E-state index >= 15 is 0 Å². The second-order valence-corrected chi connectivity index (χ2v) is 7.49. The van der Waals surface area contributed by atoms with Gasteiger partial charge >= 0.3 is 12.3 Å². The van der Waals surface area contributed by atoms with Gasteiger partial charge in [-0.3, -0.25) is 0 Å². The quantitative estimate of drug-likeness (QED) is 0.374. The lowest BCUT2D eigenvalue weighted by Crippen LogP contribution is -2.25. The third-order valence-corrected chi connectivity index (χ3v) is 5.13. The molecule has 0 N–H and O–H groups in total. The van der Waals surface area contributed by atoms with E-state index in [1.165, 1.54) is 23.9 Å². The number of benzene rings is 3. The monoisotopic (exact) mass is 469 g/mol. The zero-order valence-electron chi connectivity index (χ0n) is 17.0. The molecule has 0 unspecified atom stereocenters. The lowest BCUT2D eigenvalue weighted by atomic mass is 10.1. The summed E-state index contributed by atoms with van der Waals surface area (Å²) in [5.74, 6) is -0.0118. The maximum absolute atomic E-state index is 13.5. The first-order valence-corrected chi connectivity index (χ1v) is 10.0. The Morgan fingerprint density at radius 1 is 1.00 bits per heavy atom. The van der Waals surface area contributed by atoms with Crippen molar-refractivity contribution < 1.29 is 27.8 Å². The minimum absolute atomic E-state index is 0.0829. The highest BCUT2D eigenvalue weighted by Gasteiger charge is 2.43. The molecule has 1 aliphatic rings. The van der Waals surface area contributed by atoms with Crippen LogP contribution in [0, 0.1) is 0 Å². The first kappa shape index (κ1) is 20.9. The van der Waals surface area contributed by atoms with Crippen molar-refractivity contribution in [1.29, 1.82) is 0 Å². The third kappa shape index (κ3) is 3.98. The molecule has 1 aromatic heterocycles. The highest BCUT2D eigenvalue weighted by atomic mass is 35.5. The minimum Gasteiger partial charge on any atom is -0.465 e. The van der Waals surface area contributed by atoms with E-state index in [0.717, 1.165) is 0 Å². The highest BCUT2D eigenvalue weighted by Crippen LogP contribution is 2.43. The van der Waals surface area contributed by atoms with Gasteiger partial charge in [0.1, 0.15) is 0 Å². The number of fused-ring (bicyclic) bond motifs is 1. The summed E-state index contributed by atoms with van der Waals surface area (Å²) in [4.78, 5) is 16.6. The maximum Gasteiger partial charge on any atom is 0.586 e. The molecule has 3 aromatic carbocycles. The summed E-state index contributed by atoms with van der Waals surface area (Å²) in [6.07, 6.45) is -3.74. The molecule has 2 heterocycles. The molecule has 7 nitrogen and oxygen atoms in total. The molecule has 10 heteroatoms. The second kappa shape index (κ2) is 7.86. The molecular formula is C23H14ClF2N3O4. The van der Waals surface area contributed by atoms with Gasteiger partial charge in [-0.05, 0) is 60.7 Å². The van der Waals surface area contributed by atoms with Gasteiger partial charge in [0.05, 0.1) is 18.4 Å². The van der Waals surface area contributed by atoms with Crippen LogP contribution in [0.25, 0.3) is 28.5 Å². The van der Waals surface area contributed by atoms with Crippen LogP contribution in [0.4, 0.5) is 8.78 Å². The van der Waals surface area contributed by atoms with Gasteiger partial charge in [0.15, 0.2) is 23.1 Å². The number of hydrogen-bond donors (Lipinski definition) is 0. The number of nitrogens with zero attached hydrogens (tertiary/aromatic N) is 3. The summed E-state index contributed by atoms with van der Waals surface area (Å²) in [6.45, 7) is 0. The van der Waals surface area contributed by atoms with E-state index in [9.17, 15) is 13.6 Å². The Hall–Kier alpha value is -3.98. The maximum atomic E-state index is 13.5. The first-order valence-electron chi connectivity index (χ1n) is 9.65. The molecule has 0 bridgehead atoms. The summed E-state index contributed by atoms with van der Waals surface area (Å²) in [5, 5.41) is 5.15. The number of methoxy groups -OCH3 is 1. The van der Waals surface area contributed by atoms with Crippen LogP contribution in [0.15, 0.2) is 66.7 Å². The number of esters is 1. The van der Waals surface area contributed by atoms with Crippen molar-refractivity contribution in [1.82, 2.24) is 14.8 Å². The van der Waals surface area contributed by atoms with Crippen LogP contribution in [-0.4, -0.2) is 34.1 Å². The van der Waals surface area contributed by atoms with Gasteiger partial charge in [-0.25, -0.2) is 14.5 Å². The fraction of sp³-hybridized carbons (Fsp3) is 0.0870. The number of hydrogen-bond acceptors (Lipinski definition) is 6. The van der Waals surface area contributed by atoms with Gasteiger partial charge in [-0.2, -0.15) is 0 Å². The molecule has 0 aliphatic carbocycles. The predicted molar refractivity (Wildman–Crippen MR) is 115 cm³/mol. The zero-order chi connectivity index (χ0) is 23.2. The molecule has 5 rings (SSSR count). The van der Waals surface area contributed by atoms with Crippen molar-refractivity contribution in [3.05, 3.63) is 77.3 Å². The van der Waals surface area contributed by atoms with Crippen molar-refractivity contribution in [3.63, 3.8) is 0 Å². The molecular weight excluding hydrogens is 456 g/mol. The van der Waals surface area contributed by atoms with Crippen molar-refractivity contribution >= 4 is 17.6 Å². The van der Waals surface area contributed by atoms with Gasteiger partial charge in [0, 0.05) is 16.1 Å². The highest BCUT2D eigenvalue weighted by molar-refractivity contribution is 6.30. The molecule has 33 heavy (non-hydrogen) atoms.